The van der Waals surface area contributed by atoms with Gasteiger partial charge in [0.2, 0.25) is 0 Å². The number of benzene rings is 3. The normalized spacial score (nSPS) is 13.4. The van der Waals surface area contributed by atoms with Gasteiger partial charge in [0.1, 0.15) is 0 Å². The van der Waals surface area contributed by atoms with Crippen LogP contribution in [0.3, 0.4) is 0 Å². The van der Waals surface area contributed by atoms with Gasteiger partial charge in [-0.3, -0.25) is 0 Å². The summed E-state index contributed by atoms with van der Waals surface area (Å²) in [6, 6.07) is 12.2. The van der Waals surface area contributed by atoms with E-state index >= 15 is 0 Å². The first-order chi connectivity index (χ1) is 16.3. The van der Waals surface area contributed by atoms with E-state index < -0.39 is 10.5 Å². The summed E-state index contributed by atoms with van der Waals surface area (Å²) in [5.41, 5.74) is 0.756. The molecular formula is C24H24N2O8. The summed E-state index contributed by atoms with van der Waals surface area (Å²) in [4.78, 5) is 0. The fourth-order valence-corrected chi connectivity index (χ4v) is 3.32. The second-order valence-electron chi connectivity index (χ2n) is 7.10. The molecule has 2 unspecified atom stereocenters. The highest BCUT2D eigenvalue weighted by atomic mass is 16.8. The molecule has 0 bridgehead atoms. The minimum Gasteiger partial charge on any atom is -0.595 e. The molecule has 2 atom stereocenters. The van der Waals surface area contributed by atoms with E-state index in [-0.39, 0.29) is 45.5 Å². The molecule has 0 saturated heterocycles. The zero-order valence-corrected chi connectivity index (χ0v) is 18.4. The Labute approximate surface area is 195 Å². The maximum atomic E-state index is 11.8. The van der Waals surface area contributed by atoms with E-state index in [9.17, 15) is 31.0 Å². The van der Waals surface area contributed by atoms with Crippen molar-refractivity contribution in [2.24, 2.45) is 0 Å². The van der Waals surface area contributed by atoms with E-state index in [1.54, 1.807) is 36.4 Å². The second-order valence-corrected chi connectivity index (χ2v) is 7.10. The van der Waals surface area contributed by atoms with Gasteiger partial charge in [0.25, 0.3) is 0 Å². The smallest absolute Gasteiger partial charge is 0.177 e. The van der Waals surface area contributed by atoms with Crippen molar-refractivity contribution < 1.29 is 40.6 Å². The molecule has 3 aromatic carbocycles. The molecular weight excluding hydrogens is 444 g/mol. The first kappa shape index (κ1) is 24.7. The zero-order valence-electron chi connectivity index (χ0n) is 18.4. The van der Waals surface area contributed by atoms with Crippen LogP contribution in [0, 0.1) is 10.4 Å². The number of aromatic hydroxyl groups is 2. The van der Waals surface area contributed by atoms with Crippen LogP contribution in [0.4, 0.5) is 11.4 Å². The molecule has 178 valence electrons. The monoisotopic (exact) mass is 468 g/mol. The molecule has 0 radical (unpaired) electrons. The number of para-hydroxylation sites is 2. The molecule has 10 nitrogen and oxygen atoms in total. The Morgan fingerprint density at radius 1 is 0.647 bits per heavy atom. The maximum Gasteiger partial charge on any atom is 0.177 e. The van der Waals surface area contributed by atoms with Crippen molar-refractivity contribution in [3.63, 3.8) is 0 Å². The molecule has 3 rings (SSSR count). The van der Waals surface area contributed by atoms with Crippen LogP contribution >= 0.6 is 0 Å². The van der Waals surface area contributed by atoms with Gasteiger partial charge in [-0.2, -0.15) is 10.5 Å². The molecule has 0 saturated carbocycles. The molecule has 6 N–H and O–H groups in total. The molecule has 0 heterocycles. The third kappa shape index (κ3) is 5.35. The average Bonchev–Trinajstić information content (AvgIpc) is 2.82. The Morgan fingerprint density at radius 3 is 1.38 bits per heavy atom. The lowest BCUT2D eigenvalue weighted by Crippen LogP contribution is -3.01. The molecule has 10 heteroatoms. The fourth-order valence-electron chi connectivity index (χ4n) is 3.32. The lowest BCUT2D eigenvalue weighted by molar-refractivity contribution is -0.996. The van der Waals surface area contributed by atoms with Crippen molar-refractivity contribution in [2.75, 3.05) is 14.2 Å². The number of nitrogens with one attached hydrogen (secondary N) is 2. The van der Waals surface area contributed by atoms with Gasteiger partial charge >= 0.3 is 0 Å². The molecule has 0 aliphatic rings. The molecule has 0 fully saturated rings. The van der Waals surface area contributed by atoms with Crippen molar-refractivity contribution in [1.29, 1.82) is 0 Å². The van der Waals surface area contributed by atoms with Crippen LogP contribution in [0.1, 0.15) is 22.3 Å². The lowest BCUT2D eigenvalue weighted by Gasteiger charge is -2.19. The van der Waals surface area contributed by atoms with Gasteiger partial charge in [0.05, 0.1) is 20.3 Å². The Balaban J connectivity index is 2.10. The Morgan fingerprint density at radius 2 is 1.03 bits per heavy atom. The highest BCUT2D eigenvalue weighted by Crippen LogP contribution is 2.33. The topological polar surface area (TPSA) is 154 Å². The summed E-state index contributed by atoms with van der Waals surface area (Å²) in [6.07, 6.45) is 5.93. The van der Waals surface area contributed by atoms with E-state index in [0.717, 1.165) is 6.07 Å². The Hall–Kier alpha value is -3.90. The third-order valence-corrected chi connectivity index (χ3v) is 5.07. The minimum atomic E-state index is -1.31. The number of methoxy groups -OCH3 is 2. The lowest BCUT2D eigenvalue weighted by atomic mass is 10.0. The largest absolute Gasteiger partial charge is 0.595 e. The fraction of sp³-hybridized carbons (Fsp3) is 0.0833. The number of hydrogen-bond donors (Lipinski definition) is 6. The van der Waals surface area contributed by atoms with Crippen LogP contribution in [0.25, 0.3) is 24.3 Å². The summed E-state index contributed by atoms with van der Waals surface area (Å²) in [5, 5.41) is 60.9. The van der Waals surface area contributed by atoms with E-state index in [1.165, 1.54) is 44.6 Å². The van der Waals surface area contributed by atoms with Crippen molar-refractivity contribution >= 4 is 35.7 Å². The highest BCUT2D eigenvalue weighted by Gasteiger charge is 2.17. The van der Waals surface area contributed by atoms with Crippen molar-refractivity contribution in [2.45, 2.75) is 0 Å². The van der Waals surface area contributed by atoms with E-state index in [1.807, 2.05) is 0 Å². The van der Waals surface area contributed by atoms with Crippen LogP contribution < -0.4 is 19.9 Å². The SMILES string of the molecule is COc1cccc(C=Cc2cc(C=Cc3cccc(OC)c3O)c([NH+]([O-])O)cc2[NH+]([O-])O)c1O. The Bertz CT molecular complexity index is 1130. The standard InChI is InChI=1S/C24H24N2O8/c1-33-21-7-3-5-15(23(21)27)9-11-17-13-18(20(26(31)32)14-19(17)25(29)30)12-10-16-6-4-8-22(34-2)24(16)28/h3-14,25-29,31H,1-2H3. The van der Waals surface area contributed by atoms with Crippen molar-refractivity contribution in [3.05, 3.63) is 81.2 Å². The van der Waals surface area contributed by atoms with Gasteiger partial charge in [-0.1, -0.05) is 36.4 Å². The summed E-state index contributed by atoms with van der Waals surface area (Å²) in [5.74, 6) is 0.273. The van der Waals surface area contributed by atoms with Gasteiger partial charge in [-0.15, -0.1) is 0 Å². The number of rotatable bonds is 8. The van der Waals surface area contributed by atoms with Crippen molar-refractivity contribution in [3.8, 4) is 23.0 Å². The molecule has 3 aromatic rings. The van der Waals surface area contributed by atoms with Crippen LogP contribution in [0.15, 0.2) is 48.5 Å². The predicted octanol–water partition coefficient (Wildman–Crippen LogP) is 2.26. The summed E-state index contributed by atoms with van der Waals surface area (Å²) >= 11 is 0. The first-order valence-electron chi connectivity index (χ1n) is 9.99. The quantitative estimate of drug-likeness (QED) is 0.217. The molecule has 0 amide bonds. The van der Waals surface area contributed by atoms with Crippen molar-refractivity contribution in [1.82, 2.24) is 0 Å². The van der Waals surface area contributed by atoms with E-state index in [4.69, 9.17) is 9.47 Å². The van der Waals surface area contributed by atoms with Gasteiger partial charge in [-0.05, 0) is 30.4 Å². The van der Waals surface area contributed by atoms with Gasteiger partial charge in [0, 0.05) is 22.3 Å². The number of quaternary nitrogens is 2. The minimum absolute atomic E-state index is 0.117. The molecule has 0 aliphatic carbocycles. The molecule has 34 heavy (non-hydrogen) atoms. The van der Waals surface area contributed by atoms with Crippen LogP contribution in [-0.2, 0) is 0 Å². The summed E-state index contributed by atoms with van der Waals surface area (Å²) in [6.45, 7) is 0. The Kier molecular flexibility index (Phi) is 7.87. The summed E-state index contributed by atoms with van der Waals surface area (Å²) in [7, 11) is 2.82. The number of ether oxygens (including phenoxy) is 2. The maximum absolute atomic E-state index is 11.8. The van der Waals surface area contributed by atoms with E-state index in [0.29, 0.717) is 11.1 Å². The second kappa shape index (κ2) is 10.8. The number of phenols is 2. The number of phenolic OH excluding ortho intramolecular Hbond substituents is 2. The first-order valence-corrected chi connectivity index (χ1v) is 9.99. The summed E-state index contributed by atoms with van der Waals surface area (Å²) < 4.78 is 10.2. The van der Waals surface area contributed by atoms with Crippen LogP contribution in [0.2, 0.25) is 0 Å². The number of hydrogen-bond acceptors (Lipinski definition) is 8. The third-order valence-electron chi connectivity index (χ3n) is 5.07. The molecule has 0 aliphatic heterocycles. The van der Waals surface area contributed by atoms with Gasteiger partial charge in [0.15, 0.2) is 34.4 Å². The van der Waals surface area contributed by atoms with Crippen LogP contribution in [-0.4, -0.2) is 34.8 Å². The van der Waals surface area contributed by atoms with Crippen LogP contribution in [0.5, 0.6) is 23.0 Å². The molecule has 0 spiro atoms. The average molecular weight is 468 g/mol. The zero-order chi connectivity index (χ0) is 24.8. The van der Waals surface area contributed by atoms with Gasteiger partial charge in [-0.25, -0.2) is 10.4 Å². The predicted molar refractivity (Wildman–Crippen MR) is 125 cm³/mol. The molecule has 0 aromatic heterocycles. The highest BCUT2D eigenvalue weighted by molar-refractivity contribution is 5.83. The van der Waals surface area contributed by atoms with E-state index in [2.05, 4.69) is 0 Å². The van der Waals surface area contributed by atoms with Gasteiger partial charge < -0.3 is 30.1 Å².